The molecule has 1 aliphatic heterocycles. The van der Waals surface area contributed by atoms with E-state index < -0.39 is 41.4 Å². The van der Waals surface area contributed by atoms with Crippen molar-refractivity contribution in [3.05, 3.63) is 35.4 Å². The number of carbonyl (C=O) groups is 4. The number of rotatable bonds is 7. The number of aliphatic carboxylic acids is 2. The topological polar surface area (TPSA) is 202 Å². The maximum absolute atomic E-state index is 12.4. The number of amides is 1. The number of carbonyl (C=O) groups excluding carboxylic acids is 2. The van der Waals surface area contributed by atoms with Crippen LogP contribution in [0.25, 0.3) is 0 Å². The minimum Gasteiger partial charge on any atom is -0.475 e. The fourth-order valence-electron chi connectivity index (χ4n) is 3.21. The van der Waals surface area contributed by atoms with Crippen molar-refractivity contribution in [1.82, 2.24) is 4.90 Å². The number of carboxylic acid groups (broad SMARTS) is 2. The first-order valence-corrected chi connectivity index (χ1v) is 9.01. The molecule has 1 amide bonds. The van der Waals surface area contributed by atoms with E-state index in [0.717, 1.165) is 12.8 Å². The van der Waals surface area contributed by atoms with Crippen molar-refractivity contribution in [2.24, 2.45) is 22.4 Å². The van der Waals surface area contributed by atoms with Crippen LogP contribution in [-0.2, 0) is 19.2 Å². The summed E-state index contributed by atoms with van der Waals surface area (Å²) in [5.74, 6) is -2.80. The lowest BCUT2D eigenvalue weighted by Crippen LogP contribution is -2.68. The summed E-state index contributed by atoms with van der Waals surface area (Å²) in [7, 11) is 0. The Bertz CT molecular complexity index is 884. The minimum absolute atomic E-state index is 0.352. The molecule has 1 aromatic carbocycles. The van der Waals surface area contributed by atoms with Crippen LogP contribution in [0.4, 0.5) is 13.2 Å². The zero-order valence-electron chi connectivity index (χ0n) is 16.6. The number of nitrogens with zero attached hydrogens (tertiary/aromatic N) is 2. The Hall–Kier alpha value is -3.52. The summed E-state index contributed by atoms with van der Waals surface area (Å²) in [5.41, 5.74) is 10.8. The van der Waals surface area contributed by atoms with E-state index in [4.69, 9.17) is 27.2 Å². The summed E-state index contributed by atoms with van der Waals surface area (Å²) in [4.78, 5) is 46.4. The number of primary amides is 1. The van der Waals surface area contributed by atoms with Crippen LogP contribution in [-0.4, -0.2) is 69.9 Å². The smallest absolute Gasteiger partial charge is 0.475 e. The van der Waals surface area contributed by atoms with Crippen LogP contribution >= 0.6 is 0 Å². The Labute approximate surface area is 179 Å². The molecule has 0 aliphatic carbocycles. The molecule has 2 atom stereocenters. The van der Waals surface area contributed by atoms with Gasteiger partial charge in [0.2, 0.25) is 5.91 Å². The van der Waals surface area contributed by atoms with Gasteiger partial charge in [-0.1, -0.05) is 24.3 Å². The number of hydrazone groups is 1. The minimum atomic E-state index is -5.08. The molecule has 1 aliphatic rings. The molecule has 0 bridgehead atoms. The van der Waals surface area contributed by atoms with Gasteiger partial charge < -0.3 is 27.5 Å². The van der Waals surface area contributed by atoms with E-state index in [1.807, 2.05) is 0 Å². The Kier molecular flexibility index (Phi) is 8.85. The molecule has 0 aromatic heterocycles. The number of likely N-dealkylation sites (tertiary alicyclic amines) is 1. The van der Waals surface area contributed by atoms with Gasteiger partial charge in [0, 0.05) is 13.1 Å². The zero-order chi connectivity index (χ0) is 24.7. The van der Waals surface area contributed by atoms with E-state index in [0.29, 0.717) is 24.2 Å². The van der Waals surface area contributed by atoms with E-state index >= 15 is 0 Å². The molecule has 1 aromatic rings. The SMILES string of the molecule is NN=Cc1ccc(C(C(N)=O)C(N)(C(=O)C(=O)O)N2CCCC2)cc1.O=C(O)C(F)(F)F. The van der Waals surface area contributed by atoms with Crippen LogP contribution in [0.15, 0.2) is 29.4 Å². The monoisotopic (exact) mass is 461 g/mol. The molecule has 0 radical (unpaired) electrons. The van der Waals surface area contributed by atoms with Crippen molar-refractivity contribution < 1.29 is 42.6 Å². The van der Waals surface area contributed by atoms with Crippen molar-refractivity contribution in [2.45, 2.75) is 30.6 Å². The summed E-state index contributed by atoms with van der Waals surface area (Å²) in [6.45, 7) is 0.828. The fourth-order valence-corrected chi connectivity index (χ4v) is 3.21. The second kappa shape index (κ2) is 10.7. The second-order valence-electron chi connectivity index (χ2n) is 6.74. The number of Topliss-reactive ketones (excluding diaryl/α,β-unsaturated/α-hetero) is 1. The summed E-state index contributed by atoms with van der Waals surface area (Å²) < 4.78 is 31.7. The molecule has 2 unspecified atom stereocenters. The first-order chi connectivity index (χ1) is 14.8. The average molecular weight is 461 g/mol. The lowest BCUT2D eigenvalue weighted by atomic mass is 9.81. The van der Waals surface area contributed by atoms with Gasteiger partial charge in [0.25, 0.3) is 5.78 Å². The van der Waals surface area contributed by atoms with E-state index in [1.165, 1.54) is 11.1 Å². The Balaban J connectivity index is 0.000000633. The van der Waals surface area contributed by atoms with Gasteiger partial charge in [-0.2, -0.15) is 18.3 Å². The summed E-state index contributed by atoms with van der Waals surface area (Å²) in [6, 6.07) is 6.35. The van der Waals surface area contributed by atoms with Crippen LogP contribution in [0.1, 0.15) is 29.9 Å². The number of hydrogen-bond donors (Lipinski definition) is 5. The van der Waals surface area contributed by atoms with Crippen molar-refractivity contribution in [3.8, 4) is 0 Å². The van der Waals surface area contributed by atoms with E-state index in [-0.39, 0.29) is 0 Å². The molecule has 8 N–H and O–H groups in total. The van der Waals surface area contributed by atoms with E-state index in [1.54, 1.807) is 24.3 Å². The highest BCUT2D eigenvalue weighted by Gasteiger charge is 2.53. The van der Waals surface area contributed by atoms with Gasteiger partial charge in [-0.15, -0.1) is 0 Å². The molecule has 11 nitrogen and oxygen atoms in total. The summed E-state index contributed by atoms with van der Waals surface area (Å²) >= 11 is 0. The number of hydrogen-bond acceptors (Lipinski definition) is 8. The van der Waals surface area contributed by atoms with Crippen molar-refractivity contribution >= 4 is 29.8 Å². The quantitative estimate of drug-likeness (QED) is 0.155. The number of halogens is 3. The predicted molar refractivity (Wildman–Crippen MR) is 104 cm³/mol. The maximum Gasteiger partial charge on any atom is 0.490 e. The first kappa shape index (κ1) is 26.5. The number of ketones is 1. The number of benzene rings is 1. The van der Waals surface area contributed by atoms with Crippen LogP contribution in [0.5, 0.6) is 0 Å². The molecular weight excluding hydrogens is 439 g/mol. The molecule has 1 heterocycles. The van der Waals surface area contributed by atoms with E-state index in [2.05, 4.69) is 5.10 Å². The van der Waals surface area contributed by atoms with Gasteiger partial charge in [-0.05, 0) is 24.0 Å². The summed E-state index contributed by atoms with van der Waals surface area (Å²) in [5, 5.41) is 19.8. The van der Waals surface area contributed by atoms with Gasteiger partial charge in [-0.3, -0.25) is 14.5 Å². The van der Waals surface area contributed by atoms with Crippen LogP contribution in [0.3, 0.4) is 0 Å². The van der Waals surface area contributed by atoms with Gasteiger partial charge in [0.15, 0.2) is 5.66 Å². The fraction of sp³-hybridized carbons (Fsp3) is 0.389. The molecule has 32 heavy (non-hydrogen) atoms. The Morgan fingerprint density at radius 2 is 1.53 bits per heavy atom. The number of nitrogens with two attached hydrogens (primary N) is 3. The Morgan fingerprint density at radius 1 is 1.06 bits per heavy atom. The molecule has 0 saturated carbocycles. The van der Waals surface area contributed by atoms with Gasteiger partial charge in [-0.25, -0.2) is 9.59 Å². The highest BCUT2D eigenvalue weighted by atomic mass is 19.4. The van der Waals surface area contributed by atoms with Crippen LogP contribution in [0, 0.1) is 0 Å². The predicted octanol–water partition coefficient (Wildman–Crippen LogP) is -0.414. The van der Waals surface area contributed by atoms with Crippen molar-refractivity contribution in [3.63, 3.8) is 0 Å². The van der Waals surface area contributed by atoms with Gasteiger partial charge in [0.05, 0.1) is 6.21 Å². The lowest BCUT2D eigenvalue weighted by molar-refractivity contribution is -0.192. The van der Waals surface area contributed by atoms with Crippen LogP contribution < -0.4 is 17.3 Å². The highest BCUT2D eigenvalue weighted by Crippen LogP contribution is 2.33. The highest BCUT2D eigenvalue weighted by molar-refractivity contribution is 6.37. The molecule has 14 heteroatoms. The zero-order valence-corrected chi connectivity index (χ0v) is 16.6. The normalized spacial score (nSPS) is 17.1. The third kappa shape index (κ3) is 6.24. The Morgan fingerprint density at radius 3 is 1.88 bits per heavy atom. The largest absolute Gasteiger partial charge is 0.490 e. The van der Waals surface area contributed by atoms with Gasteiger partial charge in [0.1, 0.15) is 5.92 Å². The molecule has 1 fully saturated rings. The summed E-state index contributed by atoms with van der Waals surface area (Å²) in [6.07, 6.45) is -2.17. The third-order valence-corrected chi connectivity index (χ3v) is 4.65. The molecule has 0 spiro atoms. The lowest BCUT2D eigenvalue weighted by Gasteiger charge is -2.40. The number of carboxylic acids is 2. The third-order valence-electron chi connectivity index (χ3n) is 4.65. The van der Waals surface area contributed by atoms with Crippen molar-refractivity contribution in [1.29, 1.82) is 0 Å². The van der Waals surface area contributed by atoms with Crippen LogP contribution in [0.2, 0.25) is 0 Å². The average Bonchev–Trinajstić information content (AvgIpc) is 3.23. The maximum atomic E-state index is 12.4. The standard InChI is InChI=1S/C16H21N5O4.C2HF3O2/c17-14(23)12(11-5-3-10(4-6-11)9-20-19)16(18,13(22)15(24)25)21-7-1-2-8-21;3-2(4,5)1(6)7/h3-6,9,12H,1-2,7-8,18-19H2,(H2,17,23)(H,24,25);(H,6,7). The first-order valence-electron chi connectivity index (χ1n) is 9.01. The van der Waals surface area contributed by atoms with E-state index in [9.17, 15) is 32.7 Å². The molecule has 1 saturated heterocycles. The molecular formula is C18H22F3N5O6. The molecule has 176 valence electrons. The van der Waals surface area contributed by atoms with Crippen molar-refractivity contribution in [2.75, 3.05) is 13.1 Å². The second-order valence-corrected chi connectivity index (χ2v) is 6.74. The number of alkyl halides is 3. The molecule has 2 rings (SSSR count). The van der Waals surface area contributed by atoms with Gasteiger partial charge >= 0.3 is 18.1 Å².